The first-order chi connectivity index (χ1) is 14.1. The van der Waals surface area contributed by atoms with Gasteiger partial charge in [0.15, 0.2) is 0 Å². The summed E-state index contributed by atoms with van der Waals surface area (Å²) in [6, 6.07) is 3.95. The lowest BCUT2D eigenvalue weighted by Gasteiger charge is -2.20. The Morgan fingerprint density at radius 1 is 1.21 bits per heavy atom. The second-order valence-electron chi connectivity index (χ2n) is 7.45. The van der Waals surface area contributed by atoms with Crippen molar-refractivity contribution in [3.63, 3.8) is 0 Å². The van der Waals surface area contributed by atoms with E-state index < -0.39 is 11.6 Å². The van der Waals surface area contributed by atoms with E-state index in [0.29, 0.717) is 45.6 Å². The maximum absolute atomic E-state index is 14.0. The number of nitrogens with one attached hydrogen (secondary N) is 1. The summed E-state index contributed by atoms with van der Waals surface area (Å²) >= 11 is 0. The van der Waals surface area contributed by atoms with Crippen molar-refractivity contribution in [3.05, 3.63) is 47.0 Å². The van der Waals surface area contributed by atoms with E-state index in [1.807, 2.05) is 4.90 Å². The summed E-state index contributed by atoms with van der Waals surface area (Å²) in [5.74, 6) is 0.567. The van der Waals surface area contributed by atoms with Crippen LogP contribution in [0.4, 0.5) is 8.78 Å². The van der Waals surface area contributed by atoms with Gasteiger partial charge in [0, 0.05) is 57.7 Å². The minimum atomic E-state index is -0.517. The molecule has 1 fully saturated rings. The van der Waals surface area contributed by atoms with Gasteiger partial charge in [-0.3, -0.25) is 9.69 Å². The van der Waals surface area contributed by atoms with Crippen molar-refractivity contribution in [2.24, 2.45) is 0 Å². The van der Waals surface area contributed by atoms with E-state index in [9.17, 15) is 13.6 Å². The average molecular weight is 405 g/mol. The van der Waals surface area contributed by atoms with Crippen molar-refractivity contribution in [2.45, 2.75) is 44.9 Å². The van der Waals surface area contributed by atoms with Crippen LogP contribution in [0.2, 0.25) is 0 Å². The van der Waals surface area contributed by atoms with Crippen LogP contribution in [0, 0.1) is 11.6 Å². The van der Waals surface area contributed by atoms with Crippen LogP contribution >= 0.6 is 0 Å². The van der Waals surface area contributed by atoms with Gasteiger partial charge in [-0.05, 0) is 25.0 Å². The fourth-order valence-corrected chi connectivity index (χ4v) is 3.87. The molecule has 1 aromatic carbocycles. The zero-order valence-electron chi connectivity index (χ0n) is 16.2. The molecule has 0 aliphatic carbocycles. The molecule has 1 unspecified atom stereocenters. The predicted molar refractivity (Wildman–Crippen MR) is 101 cm³/mol. The van der Waals surface area contributed by atoms with E-state index >= 15 is 0 Å². The molecule has 1 saturated heterocycles. The quantitative estimate of drug-likeness (QED) is 0.788. The molecule has 2 aliphatic rings. The number of carbonyl (C=O) groups excluding carboxylic acids is 1. The van der Waals surface area contributed by atoms with Gasteiger partial charge < -0.3 is 14.6 Å². The van der Waals surface area contributed by atoms with Crippen LogP contribution in [0.15, 0.2) is 18.2 Å². The van der Waals surface area contributed by atoms with Crippen LogP contribution in [0.3, 0.4) is 0 Å². The molecule has 1 aromatic heterocycles. The Labute approximate surface area is 168 Å². The van der Waals surface area contributed by atoms with Gasteiger partial charge in [0.25, 0.3) is 0 Å². The highest BCUT2D eigenvalue weighted by atomic mass is 19.1. The second kappa shape index (κ2) is 8.96. The second-order valence-corrected chi connectivity index (χ2v) is 7.45. The van der Waals surface area contributed by atoms with Crippen molar-refractivity contribution in [1.82, 2.24) is 25.0 Å². The number of halogens is 2. The Kier molecular flexibility index (Phi) is 6.15. The molecule has 0 saturated carbocycles. The first-order valence-electron chi connectivity index (χ1n) is 10.1. The Morgan fingerprint density at radius 2 is 2.03 bits per heavy atom. The van der Waals surface area contributed by atoms with Crippen LogP contribution < -0.4 is 5.32 Å². The Morgan fingerprint density at radius 3 is 2.79 bits per heavy atom. The van der Waals surface area contributed by atoms with E-state index in [1.165, 1.54) is 18.2 Å². The number of carbonyl (C=O) groups is 1. The zero-order valence-corrected chi connectivity index (χ0v) is 16.2. The molecular formula is C20H25F2N5O2. The summed E-state index contributed by atoms with van der Waals surface area (Å²) in [5, 5.41) is 11.4. The van der Waals surface area contributed by atoms with E-state index in [0.717, 1.165) is 24.5 Å². The van der Waals surface area contributed by atoms with Gasteiger partial charge >= 0.3 is 0 Å². The summed E-state index contributed by atoms with van der Waals surface area (Å²) < 4.78 is 35.3. The van der Waals surface area contributed by atoms with Gasteiger partial charge in [-0.25, -0.2) is 8.78 Å². The first kappa shape index (κ1) is 19.9. The highest BCUT2D eigenvalue weighted by Crippen LogP contribution is 2.17. The number of rotatable bonds is 6. The molecule has 4 rings (SSSR count). The molecule has 7 nitrogen and oxygen atoms in total. The van der Waals surface area contributed by atoms with Crippen LogP contribution in [-0.4, -0.2) is 57.9 Å². The van der Waals surface area contributed by atoms with E-state index in [-0.39, 0.29) is 24.1 Å². The van der Waals surface area contributed by atoms with E-state index in [1.54, 1.807) is 0 Å². The normalized spacial score (nSPS) is 19.7. The van der Waals surface area contributed by atoms with Gasteiger partial charge in [0.1, 0.15) is 29.4 Å². The highest BCUT2D eigenvalue weighted by molar-refractivity contribution is 5.80. The van der Waals surface area contributed by atoms with Gasteiger partial charge in [-0.1, -0.05) is 6.07 Å². The summed E-state index contributed by atoms with van der Waals surface area (Å²) in [7, 11) is 0. The summed E-state index contributed by atoms with van der Waals surface area (Å²) in [6.45, 7) is 3.29. The monoisotopic (exact) mass is 405 g/mol. The topological polar surface area (TPSA) is 72.3 Å². The molecule has 1 amide bonds. The van der Waals surface area contributed by atoms with Crippen molar-refractivity contribution in [1.29, 1.82) is 0 Å². The molecule has 9 heteroatoms. The Hall–Kier alpha value is -2.39. The molecule has 0 bridgehead atoms. The maximum Gasteiger partial charge on any atom is 0.249 e. The van der Waals surface area contributed by atoms with Crippen LogP contribution in [0.25, 0.3) is 0 Å². The summed E-state index contributed by atoms with van der Waals surface area (Å²) in [5.41, 5.74) is 0.0993. The molecule has 2 aliphatic heterocycles. The lowest BCUT2D eigenvalue weighted by Crippen LogP contribution is -2.35. The van der Waals surface area contributed by atoms with Gasteiger partial charge in [-0.15, -0.1) is 10.2 Å². The first-order valence-corrected chi connectivity index (χ1v) is 10.1. The number of ether oxygens (including phenoxy) is 1. The van der Waals surface area contributed by atoms with Crippen LogP contribution in [0.1, 0.15) is 30.1 Å². The molecule has 1 N–H and O–H groups in total. The van der Waals surface area contributed by atoms with Crippen molar-refractivity contribution < 1.29 is 18.3 Å². The fraction of sp³-hybridized carbons (Fsp3) is 0.550. The summed E-state index contributed by atoms with van der Waals surface area (Å²) in [6.07, 6.45) is 2.59. The largest absolute Gasteiger partial charge is 0.368 e. The predicted octanol–water partition coefficient (Wildman–Crippen LogP) is 1.45. The highest BCUT2D eigenvalue weighted by Gasteiger charge is 2.24. The lowest BCUT2D eigenvalue weighted by atomic mass is 10.2. The third-order valence-electron chi connectivity index (χ3n) is 5.51. The molecule has 2 aromatic rings. The summed E-state index contributed by atoms with van der Waals surface area (Å²) in [4.78, 5) is 14.1. The Bertz CT molecular complexity index is 846. The number of fused-ring (bicyclic) bond motifs is 1. The molecule has 1 atom stereocenters. The smallest absolute Gasteiger partial charge is 0.249 e. The third kappa shape index (κ3) is 4.62. The number of amides is 1. The third-order valence-corrected chi connectivity index (χ3v) is 5.51. The minimum absolute atomic E-state index is 0.0730. The molecular weight excluding hydrogens is 380 g/mol. The van der Waals surface area contributed by atoms with Gasteiger partial charge in [-0.2, -0.15) is 0 Å². The van der Waals surface area contributed by atoms with E-state index in [2.05, 4.69) is 20.1 Å². The molecule has 0 spiro atoms. The van der Waals surface area contributed by atoms with Crippen molar-refractivity contribution in [3.8, 4) is 0 Å². The van der Waals surface area contributed by atoms with Gasteiger partial charge in [0.2, 0.25) is 5.91 Å². The SMILES string of the molecule is O=C(NCCc1nnc2n1CCN(Cc1c(F)cccc1F)CC2)C1CCCO1. The lowest BCUT2D eigenvalue weighted by molar-refractivity contribution is -0.130. The average Bonchev–Trinajstić information content (AvgIpc) is 3.33. The number of benzene rings is 1. The number of aromatic nitrogens is 3. The van der Waals surface area contributed by atoms with Crippen LogP contribution in [-0.2, 0) is 35.5 Å². The fourth-order valence-electron chi connectivity index (χ4n) is 3.87. The standard InChI is InChI=1S/C20H25F2N5O2/c21-15-3-1-4-16(22)14(15)13-26-9-7-19-25-24-18(27(19)11-10-26)6-8-23-20(28)17-5-2-12-29-17/h1,3-4,17H,2,5-13H2,(H,23,28). The van der Waals surface area contributed by atoms with E-state index in [4.69, 9.17) is 4.74 Å². The molecule has 156 valence electrons. The number of hydrogen-bond acceptors (Lipinski definition) is 5. The molecule has 29 heavy (non-hydrogen) atoms. The minimum Gasteiger partial charge on any atom is -0.368 e. The van der Waals surface area contributed by atoms with Crippen molar-refractivity contribution in [2.75, 3.05) is 26.2 Å². The molecule has 0 radical (unpaired) electrons. The van der Waals surface area contributed by atoms with Crippen molar-refractivity contribution >= 4 is 5.91 Å². The number of nitrogens with zero attached hydrogens (tertiary/aromatic N) is 4. The number of hydrogen-bond donors (Lipinski definition) is 1. The maximum atomic E-state index is 14.0. The zero-order chi connectivity index (χ0) is 20.2. The Balaban J connectivity index is 1.32. The van der Waals surface area contributed by atoms with Crippen LogP contribution in [0.5, 0.6) is 0 Å². The van der Waals surface area contributed by atoms with Gasteiger partial charge in [0.05, 0.1) is 0 Å². The molecule has 3 heterocycles.